The van der Waals surface area contributed by atoms with E-state index in [2.05, 4.69) is 39.5 Å². The van der Waals surface area contributed by atoms with E-state index in [4.69, 9.17) is 5.73 Å². The molecular weight excluding hydrogens is 411 g/mol. The molecule has 4 rings (SSSR count). The van der Waals surface area contributed by atoms with Gasteiger partial charge in [-0.25, -0.2) is 4.39 Å². The highest BCUT2D eigenvalue weighted by Gasteiger charge is 2.17. The third-order valence-electron chi connectivity index (χ3n) is 5.57. The summed E-state index contributed by atoms with van der Waals surface area (Å²) in [6.45, 7) is 1.40. The fraction of sp³-hybridized carbons (Fsp3) is 0.179. The van der Waals surface area contributed by atoms with Crippen LogP contribution in [0.25, 0.3) is 0 Å². The summed E-state index contributed by atoms with van der Waals surface area (Å²) in [5, 5.41) is 3.56. The first-order valence-electron chi connectivity index (χ1n) is 11.2. The highest BCUT2D eigenvalue weighted by atomic mass is 19.1. The number of hydrogen-bond donors (Lipinski definition) is 2. The minimum absolute atomic E-state index is 0.0483. The number of nitrogens with two attached hydrogens (primary N) is 1. The van der Waals surface area contributed by atoms with Crippen molar-refractivity contribution in [2.75, 3.05) is 23.3 Å². The third kappa shape index (κ3) is 6.40. The first kappa shape index (κ1) is 22.5. The van der Waals surface area contributed by atoms with Crippen molar-refractivity contribution < 1.29 is 4.39 Å². The topological polar surface area (TPSA) is 54.2 Å². The number of benzene rings is 3. The molecule has 0 amide bonds. The summed E-state index contributed by atoms with van der Waals surface area (Å²) >= 11 is 0. The van der Waals surface area contributed by atoms with Gasteiger partial charge in [-0.3, -0.25) is 4.98 Å². The second kappa shape index (κ2) is 11.2. The van der Waals surface area contributed by atoms with Crippen LogP contribution in [0.1, 0.15) is 11.1 Å². The van der Waals surface area contributed by atoms with Gasteiger partial charge in [-0.2, -0.15) is 0 Å². The summed E-state index contributed by atoms with van der Waals surface area (Å²) in [6, 6.07) is 29.2. The number of pyridine rings is 1. The summed E-state index contributed by atoms with van der Waals surface area (Å²) in [6.07, 6.45) is 5.20. The van der Waals surface area contributed by atoms with Gasteiger partial charge in [-0.05, 0) is 60.4 Å². The zero-order valence-corrected chi connectivity index (χ0v) is 18.6. The number of halogens is 1. The molecule has 5 heteroatoms. The highest BCUT2D eigenvalue weighted by molar-refractivity contribution is 5.76. The molecule has 1 atom stereocenters. The minimum Gasteiger partial charge on any atom is -0.383 e. The normalized spacial score (nSPS) is 11.7. The van der Waals surface area contributed by atoms with Crippen LogP contribution in [0.4, 0.5) is 21.5 Å². The van der Waals surface area contributed by atoms with Crippen LogP contribution in [0.3, 0.4) is 0 Å². The lowest BCUT2D eigenvalue weighted by molar-refractivity contribution is 0.627. The van der Waals surface area contributed by atoms with Crippen molar-refractivity contribution in [3.05, 3.63) is 120 Å². The molecule has 0 aliphatic carbocycles. The van der Waals surface area contributed by atoms with Crippen molar-refractivity contribution in [1.82, 2.24) is 4.98 Å². The van der Waals surface area contributed by atoms with Crippen LogP contribution < -0.4 is 16.0 Å². The lowest BCUT2D eigenvalue weighted by atomic mass is 10.1. The Labute approximate surface area is 194 Å². The molecule has 168 valence electrons. The molecular formula is C28H29FN4. The lowest BCUT2D eigenvalue weighted by Crippen LogP contribution is -2.37. The fourth-order valence-corrected chi connectivity index (χ4v) is 3.93. The smallest absolute Gasteiger partial charge is 0.123 e. The van der Waals surface area contributed by atoms with Crippen molar-refractivity contribution in [3.63, 3.8) is 0 Å². The van der Waals surface area contributed by atoms with Crippen LogP contribution in [-0.4, -0.2) is 24.1 Å². The second-order valence-corrected chi connectivity index (χ2v) is 8.09. The van der Waals surface area contributed by atoms with Crippen LogP contribution in [-0.2, 0) is 12.8 Å². The summed E-state index contributed by atoms with van der Waals surface area (Å²) in [4.78, 5) is 6.43. The Hall–Kier alpha value is -3.70. The van der Waals surface area contributed by atoms with Gasteiger partial charge in [0.25, 0.3) is 0 Å². The van der Waals surface area contributed by atoms with Gasteiger partial charge in [0.15, 0.2) is 0 Å². The second-order valence-electron chi connectivity index (χ2n) is 8.09. The van der Waals surface area contributed by atoms with Crippen LogP contribution in [0, 0.1) is 5.82 Å². The number of para-hydroxylation sites is 2. The largest absolute Gasteiger partial charge is 0.383 e. The van der Waals surface area contributed by atoms with E-state index < -0.39 is 0 Å². The molecule has 3 aromatic carbocycles. The van der Waals surface area contributed by atoms with Gasteiger partial charge in [0.05, 0.1) is 11.4 Å². The zero-order chi connectivity index (χ0) is 22.9. The van der Waals surface area contributed by atoms with E-state index in [0.717, 1.165) is 42.0 Å². The molecule has 0 saturated heterocycles. The van der Waals surface area contributed by atoms with E-state index in [9.17, 15) is 4.39 Å². The van der Waals surface area contributed by atoms with E-state index in [1.165, 1.54) is 17.7 Å². The Morgan fingerprint density at radius 2 is 1.52 bits per heavy atom. The number of rotatable bonds is 10. The van der Waals surface area contributed by atoms with E-state index in [1.807, 2.05) is 54.6 Å². The van der Waals surface area contributed by atoms with Crippen molar-refractivity contribution >= 4 is 17.1 Å². The average Bonchev–Trinajstić information content (AvgIpc) is 2.85. The number of hydrogen-bond acceptors (Lipinski definition) is 4. The predicted molar refractivity (Wildman–Crippen MR) is 134 cm³/mol. The van der Waals surface area contributed by atoms with Crippen molar-refractivity contribution in [2.45, 2.75) is 18.9 Å². The number of nitrogens with one attached hydrogen (secondary N) is 1. The van der Waals surface area contributed by atoms with E-state index >= 15 is 0 Å². The van der Waals surface area contributed by atoms with Crippen LogP contribution >= 0.6 is 0 Å². The Balaban J connectivity index is 1.52. The van der Waals surface area contributed by atoms with E-state index in [0.29, 0.717) is 6.54 Å². The summed E-state index contributed by atoms with van der Waals surface area (Å²) < 4.78 is 13.2. The Kier molecular flexibility index (Phi) is 7.67. The molecule has 33 heavy (non-hydrogen) atoms. The van der Waals surface area contributed by atoms with Crippen LogP contribution in [0.15, 0.2) is 103 Å². The van der Waals surface area contributed by atoms with Gasteiger partial charge in [0.2, 0.25) is 0 Å². The lowest BCUT2D eigenvalue weighted by Gasteiger charge is -2.30. The standard InChI is InChI=1S/C28H29FN4/c29-24-12-10-22(11-13-24)14-19-32-27-8-4-5-9-28(27)33(26-15-17-31-18-16-26)21-25(30)20-23-6-2-1-3-7-23/h1-13,15-18,25,32H,14,19-21,30H2/t25-/m0/s1. The monoisotopic (exact) mass is 440 g/mol. The molecule has 0 radical (unpaired) electrons. The summed E-state index contributed by atoms with van der Waals surface area (Å²) in [5.41, 5.74) is 12.1. The number of anilines is 3. The Bertz CT molecular complexity index is 1120. The molecule has 0 spiro atoms. The molecule has 0 aliphatic heterocycles. The highest BCUT2D eigenvalue weighted by Crippen LogP contribution is 2.32. The molecule has 3 N–H and O–H groups in total. The summed E-state index contributed by atoms with van der Waals surface area (Å²) in [5.74, 6) is -0.211. The third-order valence-corrected chi connectivity index (χ3v) is 5.57. The van der Waals surface area contributed by atoms with Gasteiger partial charge in [-0.15, -0.1) is 0 Å². The van der Waals surface area contributed by atoms with Crippen LogP contribution in [0.2, 0.25) is 0 Å². The molecule has 0 aliphatic rings. The number of nitrogens with zero attached hydrogens (tertiary/aromatic N) is 2. The molecule has 0 saturated carbocycles. The zero-order valence-electron chi connectivity index (χ0n) is 18.6. The maximum atomic E-state index is 13.2. The molecule has 4 aromatic rings. The fourth-order valence-electron chi connectivity index (χ4n) is 3.93. The average molecular weight is 441 g/mol. The molecule has 0 fully saturated rings. The molecule has 0 unspecified atom stereocenters. The van der Waals surface area contributed by atoms with Gasteiger partial charge in [0, 0.05) is 37.2 Å². The maximum Gasteiger partial charge on any atom is 0.123 e. The molecule has 1 aromatic heterocycles. The Morgan fingerprint density at radius 3 is 2.27 bits per heavy atom. The van der Waals surface area contributed by atoms with Gasteiger partial charge in [-0.1, -0.05) is 54.6 Å². The first-order valence-corrected chi connectivity index (χ1v) is 11.2. The van der Waals surface area contributed by atoms with Gasteiger partial charge >= 0.3 is 0 Å². The summed E-state index contributed by atoms with van der Waals surface area (Å²) in [7, 11) is 0. The number of aromatic nitrogens is 1. The molecule has 0 bridgehead atoms. The molecule has 1 heterocycles. The van der Waals surface area contributed by atoms with Gasteiger partial charge in [0.1, 0.15) is 5.82 Å². The van der Waals surface area contributed by atoms with Gasteiger partial charge < -0.3 is 16.0 Å². The first-order chi connectivity index (χ1) is 16.2. The minimum atomic E-state index is -0.211. The molecule has 4 nitrogen and oxygen atoms in total. The predicted octanol–water partition coefficient (Wildman–Crippen LogP) is 5.58. The quantitative estimate of drug-likeness (QED) is 0.338. The van der Waals surface area contributed by atoms with E-state index in [1.54, 1.807) is 12.4 Å². The van der Waals surface area contributed by atoms with Crippen LogP contribution in [0.5, 0.6) is 0 Å². The maximum absolute atomic E-state index is 13.2. The van der Waals surface area contributed by atoms with Crippen molar-refractivity contribution in [3.8, 4) is 0 Å². The van der Waals surface area contributed by atoms with Crippen molar-refractivity contribution in [2.24, 2.45) is 5.73 Å². The van der Waals surface area contributed by atoms with E-state index in [-0.39, 0.29) is 11.9 Å². The van der Waals surface area contributed by atoms with Crippen molar-refractivity contribution in [1.29, 1.82) is 0 Å². The SMILES string of the molecule is N[C@@H](Cc1ccccc1)CN(c1ccncc1)c1ccccc1NCCc1ccc(F)cc1. The Morgan fingerprint density at radius 1 is 0.818 bits per heavy atom.